The molecule has 2 atom stereocenters. The molecule has 0 saturated carbocycles. The third-order valence-corrected chi connectivity index (χ3v) is 9.66. The number of hydrogen-bond donors (Lipinski definition) is 5. The Morgan fingerprint density at radius 2 is 1.17 bits per heavy atom. The molecule has 2 unspecified atom stereocenters. The summed E-state index contributed by atoms with van der Waals surface area (Å²) < 4.78 is 108. The summed E-state index contributed by atoms with van der Waals surface area (Å²) in [7, 11) is 0. The Hall–Kier alpha value is -4.81. The number of benzene rings is 4. The summed E-state index contributed by atoms with van der Waals surface area (Å²) in [5.41, 5.74) is -0.618. The molecule has 2 amide bonds. The van der Waals surface area contributed by atoms with Crippen molar-refractivity contribution in [2.24, 2.45) is 0 Å². The van der Waals surface area contributed by atoms with Gasteiger partial charge in [0.15, 0.2) is 23.3 Å². The third-order valence-electron chi connectivity index (χ3n) is 9.17. The molecule has 23 heteroatoms. The smallest absolute Gasteiger partial charge is 0.295 e. The van der Waals surface area contributed by atoms with Crippen molar-refractivity contribution < 1.29 is 69.7 Å². The summed E-state index contributed by atoms with van der Waals surface area (Å²) in [6.07, 6.45) is -1.87. The number of carbonyl (C=O) groups excluding carboxylic acids is 2. The monoisotopic (exact) mass is 936 g/mol. The Balaban J connectivity index is 0.000000238. The highest BCUT2D eigenvalue weighted by Crippen LogP contribution is 2.31. The second-order valence-corrected chi connectivity index (χ2v) is 14.5. The molecule has 2 fully saturated rings. The molecule has 0 aliphatic carbocycles. The van der Waals surface area contributed by atoms with Crippen molar-refractivity contribution in [1.29, 1.82) is 0 Å². The van der Waals surface area contributed by atoms with Crippen LogP contribution in [0.2, 0.25) is 5.02 Å². The molecule has 4 aromatic carbocycles. The number of halogens is 9. The van der Waals surface area contributed by atoms with E-state index in [1.807, 2.05) is 9.80 Å². The van der Waals surface area contributed by atoms with Crippen LogP contribution >= 0.6 is 23.4 Å². The molecule has 63 heavy (non-hydrogen) atoms. The number of hydrogen-bond acceptors (Lipinski definition) is 12. The summed E-state index contributed by atoms with van der Waals surface area (Å²) in [6.45, 7) is 4.83. The number of ether oxygens (including phenoxy) is 2. The fourth-order valence-electron chi connectivity index (χ4n) is 6.00. The van der Waals surface area contributed by atoms with E-state index in [0.717, 1.165) is 36.4 Å². The van der Waals surface area contributed by atoms with Crippen LogP contribution in [0.3, 0.4) is 0 Å². The van der Waals surface area contributed by atoms with Crippen LogP contribution in [0, 0.1) is 40.7 Å². The first-order valence-electron chi connectivity index (χ1n) is 19.0. The topological polar surface area (TPSA) is 157 Å². The molecule has 4 aromatic rings. The van der Waals surface area contributed by atoms with Crippen LogP contribution in [0.5, 0.6) is 0 Å². The number of aliphatic hydroxyl groups excluding tert-OH is 2. The number of amides is 2. The summed E-state index contributed by atoms with van der Waals surface area (Å²) in [6, 6.07) is 9.36. The highest BCUT2D eigenvalue weighted by Gasteiger charge is 2.26. The number of aliphatic hydroxyl groups is 2. The van der Waals surface area contributed by atoms with E-state index in [9.17, 15) is 50.5 Å². The zero-order chi connectivity index (χ0) is 45.6. The molecule has 2 heterocycles. The Kier molecular flexibility index (Phi) is 18.6. The van der Waals surface area contributed by atoms with Gasteiger partial charge in [-0.25, -0.2) is 36.2 Å². The van der Waals surface area contributed by atoms with Gasteiger partial charge in [0, 0.05) is 62.1 Å². The van der Waals surface area contributed by atoms with Gasteiger partial charge < -0.3 is 30.3 Å². The Morgan fingerprint density at radius 1 is 0.683 bits per heavy atom. The molecule has 2 aliphatic rings. The van der Waals surface area contributed by atoms with E-state index in [4.69, 9.17) is 42.5 Å². The van der Waals surface area contributed by atoms with E-state index in [1.54, 1.807) is 0 Å². The first-order valence-corrected chi connectivity index (χ1v) is 19.7. The van der Waals surface area contributed by atoms with Gasteiger partial charge in [-0.2, -0.15) is 0 Å². The molecule has 0 spiro atoms. The fourth-order valence-corrected chi connectivity index (χ4v) is 6.30. The van der Waals surface area contributed by atoms with Crippen LogP contribution < -0.4 is 16.1 Å². The number of morpholine rings is 2. The van der Waals surface area contributed by atoms with Crippen molar-refractivity contribution in [3.05, 3.63) is 118 Å². The van der Waals surface area contributed by atoms with Gasteiger partial charge in [-0.05, 0) is 54.6 Å². The lowest BCUT2D eigenvalue weighted by atomic mass is 10.1. The van der Waals surface area contributed by atoms with Crippen LogP contribution in [0.1, 0.15) is 20.7 Å². The van der Waals surface area contributed by atoms with E-state index in [0.29, 0.717) is 71.3 Å². The number of carbonyl (C=O) groups is 2. The number of anilines is 4. The normalized spacial score (nSPS) is 15.5. The van der Waals surface area contributed by atoms with E-state index in [2.05, 4.69) is 16.1 Å². The molecule has 0 aromatic heterocycles. The van der Waals surface area contributed by atoms with Gasteiger partial charge in [-0.3, -0.25) is 29.1 Å². The predicted molar refractivity (Wildman–Crippen MR) is 215 cm³/mol. The van der Waals surface area contributed by atoms with Crippen LogP contribution in [0.15, 0.2) is 60.7 Å². The minimum Gasteiger partial charge on any atom is -0.389 e. The van der Waals surface area contributed by atoms with Crippen molar-refractivity contribution in [1.82, 2.24) is 19.9 Å². The minimum atomic E-state index is -1.48. The number of rotatable bonds is 16. The lowest BCUT2D eigenvalue weighted by Gasteiger charge is -2.28. The minimum absolute atomic E-state index is 0.116. The van der Waals surface area contributed by atoms with Crippen LogP contribution in [0.4, 0.5) is 53.5 Å². The zero-order valence-corrected chi connectivity index (χ0v) is 34.5. The van der Waals surface area contributed by atoms with Gasteiger partial charge in [0.2, 0.25) is 0 Å². The highest BCUT2D eigenvalue weighted by molar-refractivity contribution is 6.30. The molecule has 6 rings (SSSR count). The van der Waals surface area contributed by atoms with Crippen LogP contribution in [0.25, 0.3) is 0 Å². The van der Waals surface area contributed by atoms with Crippen molar-refractivity contribution in [3.8, 4) is 0 Å². The first kappa shape index (κ1) is 49.2. The largest absolute Gasteiger partial charge is 0.389 e. The number of β-amino-alcohol motifs (C(OH)–C–C–N with tert-alkyl or cyclic N) is 2. The van der Waals surface area contributed by atoms with E-state index < -0.39 is 87.4 Å². The van der Waals surface area contributed by atoms with Crippen LogP contribution in [-0.4, -0.2) is 128 Å². The van der Waals surface area contributed by atoms with Gasteiger partial charge in [-0.15, -0.1) is 4.58 Å². The van der Waals surface area contributed by atoms with Gasteiger partial charge in [0.05, 0.1) is 72.5 Å². The quantitative estimate of drug-likeness (QED) is 0.0504. The third kappa shape index (κ3) is 14.3. The molecular weight excluding hydrogens is 896 g/mol. The lowest BCUT2D eigenvalue weighted by molar-refractivity contribution is -0.0976. The Bertz CT molecular complexity index is 2190. The summed E-state index contributed by atoms with van der Waals surface area (Å²) in [5, 5.41) is 24.9. The summed E-state index contributed by atoms with van der Waals surface area (Å²) in [5.74, 6) is -10.2. The van der Waals surface area contributed by atoms with E-state index in [1.165, 1.54) is 12.1 Å². The number of nitrogens with zero attached hydrogens (tertiary/aromatic N) is 3. The van der Waals surface area contributed by atoms with Crippen LogP contribution in [-0.2, 0) is 19.1 Å². The fraction of sp³-hybridized carbons (Fsp3) is 0.350. The molecule has 2 saturated heterocycles. The van der Waals surface area contributed by atoms with Crippen molar-refractivity contribution in [2.45, 2.75) is 12.2 Å². The maximum atomic E-state index is 14.4. The molecule has 14 nitrogen and oxygen atoms in total. The molecule has 342 valence electrons. The van der Waals surface area contributed by atoms with E-state index >= 15 is 0 Å². The van der Waals surface area contributed by atoms with Crippen molar-refractivity contribution in [2.75, 3.05) is 89.5 Å². The van der Waals surface area contributed by atoms with Crippen molar-refractivity contribution in [3.63, 3.8) is 0 Å². The maximum Gasteiger partial charge on any atom is 0.295 e. The second-order valence-electron chi connectivity index (χ2n) is 13.8. The zero-order valence-electron chi connectivity index (χ0n) is 33.0. The highest BCUT2D eigenvalue weighted by atomic mass is 35.5. The Morgan fingerprint density at radius 3 is 1.71 bits per heavy atom. The molecule has 5 N–H and O–H groups in total. The van der Waals surface area contributed by atoms with Crippen molar-refractivity contribution >= 4 is 57.9 Å². The maximum absolute atomic E-state index is 14.4. The molecule has 2 aliphatic heterocycles. The standard InChI is InChI=1S/C20H20ClF4N3O4.C20H21ClF3N3O4/c21-28(32-11-13(29)10-27-5-7-31-8-6-27)20(30)14-2-3-15(23)18(25)19(14)26-17-4-1-12(22)9-16(17)24;21-12-1-4-17(16(23)9-12)25-19-14(2-3-15(22)18(19)24)20(29)26-31-11-13(28)10-27-5-7-30-8-6-27/h1-4,9,13,26,29H,5-8,10-11H2;1-4,9,13,25,28H,5-8,10-11H2,(H,26,29). The average Bonchev–Trinajstić information content (AvgIpc) is 3.25. The predicted octanol–water partition coefficient (Wildman–Crippen LogP) is 6.06. The van der Waals surface area contributed by atoms with Gasteiger partial charge in [0.25, 0.3) is 11.8 Å². The first-order chi connectivity index (χ1) is 30.1. The number of hydroxylamine groups is 2. The van der Waals surface area contributed by atoms with Gasteiger partial charge in [-0.1, -0.05) is 11.6 Å². The van der Waals surface area contributed by atoms with Gasteiger partial charge in [0.1, 0.15) is 30.7 Å². The number of nitrogens with one attached hydrogen (secondary N) is 3. The summed E-state index contributed by atoms with van der Waals surface area (Å²) in [4.78, 5) is 39.1. The summed E-state index contributed by atoms with van der Waals surface area (Å²) >= 11 is 11.5. The molecular formula is C40H41Cl2F7N6O8. The molecule has 0 bridgehead atoms. The van der Waals surface area contributed by atoms with Gasteiger partial charge >= 0.3 is 0 Å². The SMILES string of the molecule is O=C(NOCC(O)CN1CCOCC1)c1ccc(F)c(F)c1Nc1ccc(Cl)cc1F.O=C(c1ccc(F)c(F)c1Nc1ccc(F)cc1F)N(Cl)OCC(O)CN1CCOCC1. The molecule has 0 radical (unpaired) electrons. The Labute approximate surface area is 366 Å². The second kappa shape index (κ2) is 23.8. The van der Waals surface area contributed by atoms with E-state index in [-0.39, 0.29) is 40.6 Å². The lowest BCUT2D eigenvalue weighted by Crippen LogP contribution is -2.42. The average molecular weight is 938 g/mol.